The van der Waals surface area contributed by atoms with E-state index in [4.69, 9.17) is 11.6 Å². The lowest BCUT2D eigenvalue weighted by Crippen LogP contribution is -2.45. The van der Waals surface area contributed by atoms with Crippen molar-refractivity contribution < 1.29 is 8.42 Å². The summed E-state index contributed by atoms with van der Waals surface area (Å²) in [6.45, 7) is 1.40. The Hall–Kier alpha value is 0.200. The van der Waals surface area contributed by atoms with Gasteiger partial charge in [-0.2, -0.15) is 0 Å². The van der Waals surface area contributed by atoms with Crippen LogP contribution in [0.1, 0.15) is 25.7 Å². The summed E-state index contributed by atoms with van der Waals surface area (Å²) in [6, 6.07) is 0. The van der Waals surface area contributed by atoms with E-state index in [1.165, 1.54) is 25.7 Å². The summed E-state index contributed by atoms with van der Waals surface area (Å²) in [6.07, 6.45) is 4.86. The van der Waals surface area contributed by atoms with Crippen LogP contribution in [0.5, 0.6) is 0 Å². The summed E-state index contributed by atoms with van der Waals surface area (Å²) in [5, 5.41) is -0.271. The minimum absolute atomic E-state index is 0.271. The first-order valence-electron chi connectivity index (χ1n) is 5.15. The van der Waals surface area contributed by atoms with Crippen LogP contribution in [0.3, 0.4) is 0 Å². The molecular formula is C9H16ClNO2S. The second-order valence-electron chi connectivity index (χ2n) is 4.44. The summed E-state index contributed by atoms with van der Waals surface area (Å²) < 4.78 is 24.8. The van der Waals surface area contributed by atoms with Crippen LogP contribution in [0, 0.1) is 11.8 Å². The van der Waals surface area contributed by atoms with Gasteiger partial charge in [0.25, 0.3) is 0 Å². The highest BCUT2D eigenvalue weighted by atomic mass is 35.5. The van der Waals surface area contributed by atoms with Gasteiger partial charge in [0, 0.05) is 13.1 Å². The summed E-state index contributed by atoms with van der Waals surface area (Å²) in [4.78, 5) is 0. The molecule has 82 valence electrons. The van der Waals surface area contributed by atoms with Crippen molar-refractivity contribution in [3.63, 3.8) is 0 Å². The molecule has 1 heterocycles. The van der Waals surface area contributed by atoms with Crippen LogP contribution in [-0.4, -0.2) is 31.0 Å². The average Bonchev–Trinajstić information content (AvgIpc) is 2.17. The highest BCUT2D eigenvalue weighted by molar-refractivity contribution is 7.90. The van der Waals surface area contributed by atoms with Crippen molar-refractivity contribution in [1.29, 1.82) is 0 Å². The molecule has 1 saturated carbocycles. The first-order valence-corrected chi connectivity index (χ1v) is 7.30. The molecule has 3 nitrogen and oxygen atoms in total. The predicted octanol–water partition coefficient (Wildman–Crippen LogP) is 1.63. The van der Waals surface area contributed by atoms with Gasteiger partial charge >= 0.3 is 0 Å². The molecular weight excluding hydrogens is 222 g/mol. The fourth-order valence-electron chi connectivity index (χ4n) is 2.68. The first kappa shape index (κ1) is 10.7. The monoisotopic (exact) mass is 237 g/mol. The molecule has 0 radical (unpaired) electrons. The van der Waals surface area contributed by atoms with E-state index in [0.717, 1.165) is 0 Å². The molecule has 2 fully saturated rings. The number of rotatable bonds is 2. The molecule has 2 unspecified atom stereocenters. The number of halogens is 1. The maximum atomic E-state index is 11.6. The fourth-order valence-corrected chi connectivity index (χ4v) is 4.11. The smallest absolute Gasteiger partial charge is 0.211 e. The van der Waals surface area contributed by atoms with Gasteiger partial charge in [-0.05, 0) is 31.1 Å². The quantitative estimate of drug-likeness (QED) is 0.685. The number of hydrogen-bond donors (Lipinski definition) is 0. The largest absolute Gasteiger partial charge is 0.228 e. The third kappa shape index (κ3) is 2.07. The Bertz CT molecular complexity index is 292. The topological polar surface area (TPSA) is 37.4 Å². The van der Waals surface area contributed by atoms with Crippen LogP contribution in [-0.2, 0) is 10.0 Å². The van der Waals surface area contributed by atoms with Crippen LogP contribution in [0.2, 0.25) is 0 Å². The molecule has 5 heteroatoms. The summed E-state index contributed by atoms with van der Waals surface area (Å²) >= 11 is 5.45. The molecule has 0 amide bonds. The van der Waals surface area contributed by atoms with Crippen LogP contribution in [0.25, 0.3) is 0 Å². The van der Waals surface area contributed by atoms with Gasteiger partial charge in [-0.1, -0.05) is 6.42 Å². The van der Waals surface area contributed by atoms with E-state index >= 15 is 0 Å². The number of sulfonamides is 1. The molecule has 1 aliphatic carbocycles. The molecule has 0 spiro atoms. The Morgan fingerprint density at radius 1 is 1.21 bits per heavy atom. The van der Waals surface area contributed by atoms with E-state index in [0.29, 0.717) is 24.9 Å². The Labute approximate surface area is 90.5 Å². The minimum Gasteiger partial charge on any atom is -0.211 e. The van der Waals surface area contributed by atoms with Gasteiger partial charge in [0.2, 0.25) is 10.0 Å². The number of fused-ring (bicyclic) bond motifs is 2. The average molecular weight is 238 g/mol. The van der Waals surface area contributed by atoms with Crippen LogP contribution in [0.4, 0.5) is 0 Å². The molecule has 0 aromatic heterocycles. The SMILES string of the molecule is O=S(=O)(CCl)N1CC2CCCC(C2)C1. The fraction of sp³-hybridized carbons (Fsp3) is 1.00. The third-order valence-electron chi connectivity index (χ3n) is 3.35. The maximum Gasteiger partial charge on any atom is 0.228 e. The molecule has 2 rings (SSSR count). The van der Waals surface area contributed by atoms with Gasteiger partial charge in [-0.25, -0.2) is 12.7 Å². The van der Waals surface area contributed by atoms with Crippen molar-refractivity contribution in [2.24, 2.45) is 11.8 Å². The second kappa shape index (κ2) is 3.99. The molecule has 2 bridgehead atoms. The standard InChI is InChI=1S/C9H16ClNO2S/c10-7-14(12,13)11-5-8-2-1-3-9(4-8)6-11/h8-9H,1-7H2. The number of alkyl halides is 1. The summed E-state index contributed by atoms with van der Waals surface area (Å²) in [5.41, 5.74) is 0. The number of hydrogen-bond acceptors (Lipinski definition) is 2. The van der Waals surface area contributed by atoms with Crippen LogP contribution < -0.4 is 0 Å². The first-order chi connectivity index (χ1) is 6.62. The van der Waals surface area contributed by atoms with Gasteiger partial charge in [0.1, 0.15) is 5.21 Å². The Morgan fingerprint density at radius 2 is 1.79 bits per heavy atom. The third-order valence-corrected chi connectivity index (χ3v) is 5.53. The van der Waals surface area contributed by atoms with E-state index < -0.39 is 10.0 Å². The molecule has 0 aromatic carbocycles. The van der Waals surface area contributed by atoms with E-state index in [1.807, 2.05) is 0 Å². The van der Waals surface area contributed by atoms with Gasteiger partial charge in [-0.15, -0.1) is 11.6 Å². The van der Waals surface area contributed by atoms with Crippen molar-refractivity contribution in [1.82, 2.24) is 4.31 Å². The molecule has 1 saturated heterocycles. The van der Waals surface area contributed by atoms with Crippen molar-refractivity contribution >= 4 is 21.6 Å². The van der Waals surface area contributed by atoms with Crippen molar-refractivity contribution in [2.75, 3.05) is 18.3 Å². The highest BCUT2D eigenvalue weighted by Crippen LogP contribution is 2.35. The lowest BCUT2D eigenvalue weighted by atomic mass is 9.79. The van der Waals surface area contributed by atoms with Gasteiger partial charge in [-0.3, -0.25) is 0 Å². The van der Waals surface area contributed by atoms with E-state index in [9.17, 15) is 8.42 Å². The van der Waals surface area contributed by atoms with E-state index in [1.54, 1.807) is 4.31 Å². The zero-order chi connectivity index (χ0) is 10.2. The maximum absolute atomic E-state index is 11.6. The Balaban J connectivity index is 2.09. The van der Waals surface area contributed by atoms with Crippen molar-refractivity contribution in [3.05, 3.63) is 0 Å². The van der Waals surface area contributed by atoms with Crippen molar-refractivity contribution in [3.8, 4) is 0 Å². The normalized spacial score (nSPS) is 34.4. The Morgan fingerprint density at radius 3 is 2.29 bits per heavy atom. The lowest BCUT2D eigenvalue weighted by Gasteiger charge is -2.40. The van der Waals surface area contributed by atoms with Gasteiger partial charge in [0.15, 0.2) is 0 Å². The van der Waals surface area contributed by atoms with Crippen LogP contribution in [0.15, 0.2) is 0 Å². The summed E-state index contributed by atoms with van der Waals surface area (Å²) in [7, 11) is -3.16. The Kier molecular flexibility index (Phi) is 3.05. The predicted molar refractivity (Wildman–Crippen MR) is 56.7 cm³/mol. The molecule has 0 aromatic rings. The van der Waals surface area contributed by atoms with Crippen molar-refractivity contribution in [2.45, 2.75) is 25.7 Å². The van der Waals surface area contributed by atoms with Gasteiger partial charge in [0.05, 0.1) is 0 Å². The minimum atomic E-state index is -3.16. The molecule has 1 aliphatic heterocycles. The molecule has 14 heavy (non-hydrogen) atoms. The zero-order valence-electron chi connectivity index (χ0n) is 8.15. The van der Waals surface area contributed by atoms with Crippen LogP contribution >= 0.6 is 11.6 Å². The lowest BCUT2D eigenvalue weighted by molar-refractivity contribution is 0.145. The van der Waals surface area contributed by atoms with E-state index in [-0.39, 0.29) is 5.21 Å². The molecule has 0 N–H and O–H groups in total. The van der Waals surface area contributed by atoms with E-state index in [2.05, 4.69) is 0 Å². The highest BCUT2D eigenvalue weighted by Gasteiger charge is 2.35. The van der Waals surface area contributed by atoms with Gasteiger partial charge < -0.3 is 0 Å². The molecule has 2 atom stereocenters. The zero-order valence-corrected chi connectivity index (χ0v) is 9.73. The number of nitrogens with zero attached hydrogens (tertiary/aromatic N) is 1. The molecule has 2 aliphatic rings. The number of piperidine rings is 1. The second-order valence-corrected chi connectivity index (χ2v) is 6.99. The summed E-state index contributed by atoms with van der Waals surface area (Å²) in [5.74, 6) is 1.17.